The Morgan fingerprint density at radius 1 is 1.00 bits per heavy atom. The lowest BCUT2D eigenvalue weighted by Gasteiger charge is -2.34. The molecule has 1 fully saturated rings. The number of imide groups is 1. The van der Waals surface area contributed by atoms with E-state index in [0.29, 0.717) is 11.1 Å². The predicted octanol–water partition coefficient (Wildman–Crippen LogP) is 0.596. The number of amides is 2. The van der Waals surface area contributed by atoms with E-state index in [1.54, 1.807) is 12.1 Å². The van der Waals surface area contributed by atoms with Gasteiger partial charge in [-0.2, -0.15) is 0 Å². The zero-order valence-corrected chi connectivity index (χ0v) is 11.6. The van der Waals surface area contributed by atoms with Crippen LogP contribution in [0.5, 0.6) is 0 Å². The van der Waals surface area contributed by atoms with Crippen LogP contribution in [0, 0.1) is 0 Å². The summed E-state index contributed by atoms with van der Waals surface area (Å²) < 4.78 is 0. The van der Waals surface area contributed by atoms with Crippen molar-refractivity contribution in [1.29, 1.82) is 0 Å². The minimum atomic E-state index is -0.391. The Labute approximate surface area is 117 Å². The number of benzene rings is 1. The summed E-state index contributed by atoms with van der Waals surface area (Å²) in [6.07, 6.45) is 0. The number of nitrogens with zero attached hydrogens (tertiary/aromatic N) is 3. The molecule has 0 aromatic heterocycles. The van der Waals surface area contributed by atoms with Crippen molar-refractivity contribution < 1.29 is 14.4 Å². The predicted molar refractivity (Wildman–Crippen MR) is 73.7 cm³/mol. The molecule has 2 aliphatic heterocycles. The van der Waals surface area contributed by atoms with E-state index in [1.165, 1.54) is 7.11 Å². The number of anilines is 1. The Kier molecular flexibility index (Phi) is 3.19. The van der Waals surface area contributed by atoms with Crippen LogP contribution < -0.4 is 4.90 Å². The van der Waals surface area contributed by atoms with Crippen LogP contribution in [-0.2, 0) is 4.84 Å². The molecule has 0 saturated carbocycles. The molecular formula is C14H17N3O3. The number of hydroxylamine groups is 2. The monoisotopic (exact) mass is 275 g/mol. The van der Waals surface area contributed by atoms with Gasteiger partial charge >= 0.3 is 0 Å². The third-order valence-corrected chi connectivity index (χ3v) is 3.88. The molecule has 1 aromatic carbocycles. The topological polar surface area (TPSA) is 53.1 Å². The number of likely N-dealkylation sites (N-methyl/N-ethyl adjacent to an activating group) is 1. The molecule has 2 aliphatic rings. The minimum absolute atomic E-state index is 0.386. The van der Waals surface area contributed by atoms with Crippen molar-refractivity contribution in [3.63, 3.8) is 0 Å². The summed E-state index contributed by atoms with van der Waals surface area (Å²) in [7, 11) is 3.42. The van der Waals surface area contributed by atoms with Crippen molar-refractivity contribution in [1.82, 2.24) is 9.96 Å². The van der Waals surface area contributed by atoms with E-state index in [0.717, 1.165) is 36.9 Å². The van der Waals surface area contributed by atoms with Gasteiger partial charge in [0.05, 0.1) is 18.2 Å². The highest BCUT2D eigenvalue weighted by molar-refractivity contribution is 6.20. The number of rotatable bonds is 2. The summed E-state index contributed by atoms with van der Waals surface area (Å²) in [5.41, 5.74) is 1.82. The quantitative estimate of drug-likeness (QED) is 0.740. The second-order valence-electron chi connectivity index (χ2n) is 5.11. The molecule has 2 amide bonds. The Hall–Kier alpha value is -1.92. The van der Waals surface area contributed by atoms with Crippen LogP contribution in [0.25, 0.3) is 0 Å². The Bertz CT molecular complexity index is 565. The molecule has 2 heterocycles. The summed E-state index contributed by atoms with van der Waals surface area (Å²) in [6.45, 7) is 3.83. The fraction of sp³-hybridized carbons (Fsp3) is 0.429. The molecule has 1 aromatic rings. The molecular weight excluding hydrogens is 258 g/mol. The molecule has 6 nitrogen and oxygen atoms in total. The van der Waals surface area contributed by atoms with E-state index in [1.807, 2.05) is 6.07 Å². The summed E-state index contributed by atoms with van der Waals surface area (Å²) >= 11 is 0. The van der Waals surface area contributed by atoms with Crippen LogP contribution in [0.3, 0.4) is 0 Å². The largest absolute Gasteiger partial charge is 0.369 e. The normalized spacial score (nSPS) is 19.7. The van der Waals surface area contributed by atoms with E-state index >= 15 is 0 Å². The Balaban J connectivity index is 1.90. The summed E-state index contributed by atoms with van der Waals surface area (Å²) in [5, 5.41) is 0.804. The van der Waals surface area contributed by atoms with Crippen LogP contribution in [0.2, 0.25) is 0 Å². The lowest BCUT2D eigenvalue weighted by molar-refractivity contribution is -0.0645. The number of hydrogen-bond acceptors (Lipinski definition) is 5. The molecule has 0 N–H and O–H groups in total. The number of hydrogen-bond donors (Lipinski definition) is 0. The first kappa shape index (κ1) is 13.1. The third kappa shape index (κ3) is 1.97. The van der Waals surface area contributed by atoms with Crippen LogP contribution in [0.1, 0.15) is 20.7 Å². The van der Waals surface area contributed by atoms with Gasteiger partial charge in [0.1, 0.15) is 0 Å². The van der Waals surface area contributed by atoms with Crippen molar-refractivity contribution in [2.24, 2.45) is 0 Å². The molecule has 0 radical (unpaired) electrons. The zero-order valence-electron chi connectivity index (χ0n) is 11.6. The van der Waals surface area contributed by atoms with Crippen molar-refractivity contribution in [2.45, 2.75) is 0 Å². The van der Waals surface area contributed by atoms with Crippen LogP contribution in [0.15, 0.2) is 18.2 Å². The number of fused-ring (bicyclic) bond motifs is 1. The summed E-state index contributed by atoms with van der Waals surface area (Å²) in [5.74, 6) is -0.777. The van der Waals surface area contributed by atoms with Gasteiger partial charge in [-0.05, 0) is 25.2 Å². The number of carbonyl (C=O) groups is 2. The molecule has 6 heteroatoms. The van der Waals surface area contributed by atoms with Crippen LogP contribution in [0.4, 0.5) is 5.69 Å². The number of piperazine rings is 1. The second-order valence-corrected chi connectivity index (χ2v) is 5.11. The molecule has 0 spiro atoms. The maximum absolute atomic E-state index is 12.1. The first-order valence-electron chi connectivity index (χ1n) is 6.62. The fourth-order valence-electron chi connectivity index (χ4n) is 2.63. The van der Waals surface area contributed by atoms with Gasteiger partial charge in [-0.1, -0.05) is 0 Å². The SMILES string of the molecule is CON1C(=O)c2ccc(N3CCN(C)CC3)cc2C1=O. The molecule has 0 atom stereocenters. The lowest BCUT2D eigenvalue weighted by Crippen LogP contribution is -2.44. The average Bonchev–Trinajstić information content (AvgIpc) is 2.71. The molecule has 3 rings (SSSR count). The van der Waals surface area contributed by atoms with Crippen molar-refractivity contribution in [3.05, 3.63) is 29.3 Å². The van der Waals surface area contributed by atoms with Crippen molar-refractivity contribution >= 4 is 17.5 Å². The smallest absolute Gasteiger partial charge is 0.285 e. The molecule has 0 aliphatic carbocycles. The van der Waals surface area contributed by atoms with Crippen molar-refractivity contribution in [3.8, 4) is 0 Å². The van der Waals surface area contributed by atoms with Crippen LogP contribution >= 0.6 is 0 Å². The maximum atomic E-state index is 12.1. The van der Waals surface area contributed by atoms with E-state index in [2.05, 4.69) is 16.8 Å². The van der Waals surface area contributed by atoms with Gasteiger partial charge in [-0.25, -0.2) is 0 Å². The van der Waals surface area contributed by atoms with Gasteiger partial charge in [-0.3, -0.25) is 14.4 Å². The average molecular weight is 275 g/mol. The Morgan fingerprint density at radius 3 is 2.30 bits per heavy atom. The van der Waals surface area contributed by atoms with Gasteiger partial charge in [-0.15, -0.1) is 5.06 Å². The zero-order chi connectivity index (χ0) is 14.3. The Morgan fingerprint density at radius 2 is 1.65 bits per heavy atom. The van der Waals surface area contributed by atoms with E-state index in [9.17, 15) is 9.59 Å². The molecule has 0 bridgehead atoms. The maximum Gasteiger partial charge on any atom is 0.285 e. The molecule has 1 saturated heterocycles. The van der Waals surface area contributed by atoms with Gasteiger partial charge in [0, 0.05) is 31.9 Å². The molecule has 106 valence electrons. The second kappa shape index (κ2) is 4.88. The molecule has 0 unspecified atom stereocenters. The van der Waals surface area contributed by atoms with Crippen LogP contribution in [-0.4, -0.2) is 62.1 Å². The highest BCUT2D eigenvalue weighted by Gasteiger charge is 2.36. The van der Waals surface area contributed by atoms with Gasteiger partial charge in [0.25, 0.3) is 11.8 Å². The summed E-state index contributed by atoms with van der Waals surface area (Å²) in [4.78, 5) is 33.3. The molecule has 20 heavy (non-hydrogen) atoms. The van der Waals surface area contributed by atoms with Crippen molar-refractivity contribution in [2.75, 3.05) is 45.2 Å². The highest BCUT2D eigenvalue weighted by Crippen LogP contribution is 2.27. The van der Waals surface area contributed by atoms with Gasteiger partial charge < -0.3 is 9.80 Å². The fourth-order valence-corrected chi connectivity index (χ4v) is 2.63. The standard InChI is InChI=1S/C14H17N3O3/c1-15-5-7-16(8-6-15)10-3-4-11-12(9-10)14(19)17(20-2)13(11)18/h3-4,9H,5-8H2,1-2H3. The highest BCUT2D eigenvalue weighted by atomic mass is 16.7. The van der Waals surface area contributed by atoms with E-state index in [4.69, 9.17) is 4.84 Å². The third-order valence-electron chi connectivity index (χ3n) is 3.88. The van der Waals surface area contributed by atoms with E-state index in [-0.39, 0.29) is 5.91 Å². The van der Waals surface area contributed by atoms with E-state index < -0.39 is 5.91 Å². The van der Waals surface area contributed by atoms with Gasteiger partial charge in [0.2, 0.25) is 0 Å². The lowest BCUT2D eigenvalue weighted by atomic mass is 10.1. The summed E-state index contributed by atoms with van der Waals surface area (Å²) in [6, 6.07) is 5.40. The first-order chi connectivity index (χ1) is 9.61. The minimum Gasteiger partial charge on any atom is -0.369 e. The number of carbonyl (C=O) groups excluding carboxylic acids is 2. The van der Waals surface area contributed by atoms with Gasteiger partial charge in [0.15, 0.2) is 0 Å². The first-order valence-corrected chi connectivity index (χ1v) is 6.62.